The lowest BCUT2D eigenvalue weighted by atomic mass is 9.98. The number of benzene rings is 8. The van der Waals surface area contributed by atoms with Gasteiger partial charge in [0.05, 0.1) is 27.5 Å². The van der Waals surface area contributed by atoms with Crippen molar-refractivity contribution in [2.24, 2.45) is 0 Å². The molecule has 238 valence electrons. The van der Waals surface area contributed by atoms with Crippen molar-refractivity contribution in [3.8, 4) is 33.6 Å². The SMILES string of the molecule is c1ccc(-c2cc(-c3ccccc3)cc(-n3c4ccccc4c4cc(-n5c6ccccc6c6c7oc8ccccc8c7ccc65)ccc43)c2)cc1. The van der Waals surface area contributed by atoms with Crippen LogP contribution in [-0.4, -0.2) is 9.13 Å². The van der Waals surface area contributed by atoms with Gasteiger partial charge in [-0.15, -0.1) is 0 Å². The summed E-state index contributed by atoms with van der Waals surface area (Å²) >= 11 is 0. The van der Waals surface area contributed by atoms with Crippen LogP contribution in [0.1, 0.15) is 0 Å². The summed E-state index contributed by atoms with van der Waals surface area (Å²) in [7, 11) is 0. The smallest absolute Gasteiger partial charge is 0.145 e. The van der Waals surface area contributed by atoms with Crippen molar-refractivity contribution in [3.63, 3.8) is 0 Å². The van der Waals surface area contributed by atoms with Gasteiger partial charge < -0.3 is 13.6 Å². The van der Waals surface area contributed by atoms with Crippen LogP contribution in [0, 0.1) is 0 Å². The first kappa shape index (κ1) is 28.0. The third-order valence-corrected chi connectivity index (χ3v) is 10.5. The van der Waals surface area contributed by atoms with E-state index >= 15 is 0 Å². The van der Waals surface area contributed by atoms with Crippen molar-refractivity contribution >= 4 is 65.6 Å². The molecule has 0 amide bonds. The second kappa shape index (κ2) is 10.8. The minimum Gasteiger partial charge on any atom is -0.455 e. The lowest BCUT2D eigenvalue weighted by Gasteiger charge is -2.14. The number of rotatable bonds is 4. The Morgan fingerprint density at radius 1 is 0.314 bits per heavy atom. The zero-order valence-corrected chi connectivity index (χ0v) is 27.6. The molecule has 0 saturated carbocycles. The second-order valence-electron chi connectivity index (χ2n) is 13.3. The maximum absolute atomic E-state index is 6.57. The van der Waals surface area contributed by atoms with Crippen LogP contribution < -0.4 is 0 Å². The molecule has 0 atom stereocenters. The van der Waals surface area contributed by atoms with E-state index in [1.807, 2.05) is 6.07 Å². The van der Waals surface area contributed by atoms with Gasteiger partial charge in [-0.25, -0.2) is 0 Å². The topological polar surface area (TPSA) is 23.0 Å². The summed E-state index contributed by atoms with van der Waals surface area (Å²) in [6.45, 7) is 0. The van der Waals surface area contributed by atoms with Crippen molar-refractivity contribution in [2.75, 3.05) is 0 Å². The average molecular weight is 651 g/mol. The normalized spacial score (nSPS) is 11.9. The summed E-state index contributed by atoms with van der Waals surface area (Å²) in [5.41, 5.74) is 13.5. The monoisotopic (exact) mass is 650 g/mol. The van der Waals surface area contributed by atoms with Gasteiger partial charge in [0, 0.05) is 38.3 Å². The Hall–Kier alpha value is -6.84. The van der Waals surface area contributed by atoms with Crippen LogP contribution in [0.5, 0.6) is 0 Å². The van der Waals surface area contributed by atoms with E-state index in [0.29, 0.717) is 0 Å². The molecule has 0 aliphatic rings. The molecule has 0 bridgehead atoms. The molecule has 3 aromatic heterocycles. The summed E-state index contributed by atoms with van der Waals surface area (Å²) in [5, 5.41) is 7.06. The molecule has 3 nitrogen and oxygen atoms in total. The summed E-state index contributed by atoms with van der Waals surface area (Å²) in [6, 6.07) is 65.5. The molecule has 0 saturated heterocycles. The zero-order valence-electron chi connectivity index (χ0n) is 27.6. The van der Waals surface area contributed by atoms with E-state index in [1.165, 1.54) is 49.4 Å². The maximum atomic E-state index is 6.57. The molecule has 8 aromatic carbocycles. The van der Waals surface area contributed by atoms with Crippen LogP contribution >= 0.6 is 0 Å². The number of fused-ring (bicyclic) bond motifs is 10. The fraction of sp³-hybridized carbons (Fsp3) is 0. The Labute approximate surface area is 293 Å². The lowest BCUT2D eigenvalue weighted by molar-refractivity contribution is 0.673. The minimum absolute atomic E-state index is 0.915. The summed E-state index contributed by atoms with van der Waals surface area (Å²) in [6.07, 6.45) is 0. The van der Waals surface area contributed by atoms with E-state index in [2.05, 4.69) is 185 Å². The van der Waals surface area contributed by atoms with Crippen molar-refractivity contribution < 1.29 is 4.42 Å². The van der Waals surface area contributed by atoms with Gasteiger partial charge in [0.25, 0.3) is 0 Å². The highest BCUT2D eigenvalue weighted by Crippen LogP contribution is 2.42. The van der Waals surface area contributed by atoms with E-state index in [1.54, 1.807) is 0 Å². The van der Waals surface area contributed by atoms with Gasteiger partial charge in [-0.1, -0.05) is 115 Å². The van der Waals surface area contributed by atoms with Crippen LogP contribution in [0.4, 0.5) is 0 Å². The van der Waals surface area contributed by atoms with Gasteiger partial charge in [-0.05, 0) is 89.0 Å². The second-order valence-corrected chi connectivity index (χ2v) is 13.3. The minimum atomic E-state index is 0.915. The van der Waals surface area contributed by atoms with E-state index in [9.17, 15) is 0 Å². The Morgan fingerprint density at radius 2 is 0.863 bits per heavy atom. The molecule has 0 unspecified atom stereocenters. The van der Waals surface area contributed by atoms with Crippen LogP contribution in [0.2, 0.25) is 0 Å². The summed E-state index contributed by atoms with van der Waals surface area (Å²) in [4.78, 5) is 0. The van der Waals surface area contributed by atoms with E-state index in [0.717, 1.165) is 49.7 Å². The molecule has 0 fully saturated rings. The Kier molecular flexibility index (Phi) is 5.96. The molecule has 11 rings (SSSR count). The molecule has 0 spiro atoms. The van der Waals surface area contributed by atoms with E-state index < -0.39 is 0 Å². The standard InChI is InChI=1S/C48H30N2O/c1-3-13-31(14-4-1)33-27-34(32-15-5-2-6-16-32)29-36(28-33)50-42-20-10-7-17-37(42)41-30-35(23-25-44(41)50)49-43-21-11-8-19-40(43)47-45(49)26-24-39-38-18-9-12-22-46(38)51-48(39)47/h1-30H. The van der Waals surface area contributed by atoms with Crippen LogP contribution in [-0.2, 0) is 0 Å². The highest BCUT2D eigenvalue weighted by molar-refractivity contribution is 6.24. The van der Waals surface area contributed by atoms with Gasteiger partial charge in [0.1, 0.15) is 11.2 Å². The zero-order chi connectivity index (χ0) is 33.5. The predicted molar refractivity (Wildman–Crippen MR) is 213 cm³/mol. The van der Waals surface area contributed by atoms with Gasteiger partial charge in [0.2, 0.25) is 0 Å². The van der Waals surface area contributed by atoms with Crippen molar-refractivity contribution in [3.05, 3.63) is 182 Å². The highest BCUT2D eigenvalue weighted by atomic mass is 16.3. The molecular formula is C48H30N2O. The molecule has 11 aromatic rings. The van der Waals surface area contributed by atoms with Gasteiger partial charge in [-0.2, -0.15) is 0 Å². The molecule has 0 N–H and O–H groups in total. The number of nitrogens with zero attached hydrogens (tertiary/aromatic N) is 2. The van der Waals surface area contributed by atoms with Gasteiger partial charge in [-0.3, -0.25) is 0 Å². The predicted octanol–water partition coefficient (Wildman–Crippen LogP) is 13.1. The first-order chi connectivity index (χ1) is 25.3. The summed E-state index contributed by atoms with van der Waals surface area (Å²) in [5.74, 6) is 0. The number of aromatic nitrogens is 2. The first-order valence-corrected chi connectivity index (χ1v) is 17.4. The lowest BCUT2D eigenvalue weighted by Crippen LogP contribution is -1.97. The van der Waals surface area contributed by atoms with Crippen molar-refractivity contribution in [1.82, 2.24) is 9.13 Å². The third kappa shape index (κ3) is 4.19. The van der Waals surface area contributed by atoms with Crippen LogP contribution in [0.15, 0.2) is 186 Å². The van der Waals surface area contributed by atoms with Crippen molar-refractivity contribution in [1.29, 1.82) is 0 Å². The fourth-order valence-electron chi connectivity index (χ4n) is 8.23. The molecule has 51 heavy (non-hydrogen) atoms. The number of para-hydroxylation sites is 3. The number of hydrogen-bond donors (Lipinski definition) is 0. The largest absolute Gasteiger partial charge is 0.455 e. The number of hydrogen-bond acceptors (Lipinski definition) is 1. The van der Waals surface area contributed by atoms with Crippen molar-refractivity contribution in [2.45, 2.75) is 0 Å². The number of furan rings is 1. The van der Waals surface area contributed by atoms with E-state index in [4.69, 9.17) is 4.42 Å². The Morgan fingerprint density at radius 3 is 1.59 bits per heavy atom. The Bertz CT molecular complexity index is 3070. The average Bonchev–Trinajstić information content (AvgIpc) is 3.86. The van der Waals surface area contributed by atoms with Gasteiger partial charge >= 0.3 is 0 Å². The molecule has 0 aliphatic carbocycles. The molecule has 3 heteroatoms. The first-order valence-electron chi connectivity index (χ1n) is 17.4. The molecular weight excluding hydrogens is 621 g/mol. The summed E-state index contributed by atoms with van der Waals surface area (Å²) < 4.78 is 11.4. The fourth-order valence-corrected chi connectivity index (χ4v) is 8.23. The third-order valence-electron chi connectivity index (χ3n) is 10.5. The maximum Gasteiger partial charge on any atom is 0.145 e. The van der Waals surface area contributed by atoms with E-state index in [-0.39, 0.29) is 0 Å². The highest BCUT2D eigenvalue weighted by Gasteiger charge is 2.20. The van der Waals surface area contributed by atoms with Crippen LogP contribution in [0.3, 0.4) is 0 Å². The van der Waals surface area contributed by atoms with Crippen LogP contribution in [0.25, 0.3) is 99.2 Å². The Balaban J connectivity index is 1.18. The quantitative estimate of drug-likeness (QED) is 0.186. The molecule has 0 radical (unpaired) electrons. The molecule has 3 heterocycles. The molecule has 0 aliphatic heterocycles. The van der Waals surface area contributed by atoms with Gasteiger partial charge in [0.15, 0.2) is 0 Å².